The molecular weight excluding hydrogens is 266 g/mol. The molecule has 0 fully saturated rings. The second-order valence-corrected chi connectivity index (χ2v) is 5.42. The normalized spacial score (nSPS) is 11.7. The molecule has 0 saturated heterocycles. The van der Waals surface area contributed by atoms with E-state index in [1.807, 2.05) is 13.2 Å². The number of hydrogen-bond acceptors (Lipinski definition) is 4. The van der Waals surface area contributed by atoms with Crippen LogP contribution in [0.4, 0.5) is 16.2 Å². The number of amides is 2. The Morgan fingerprint density at radius 1 is 1.53 bits per heavy atom. The molecule has 0 aliphatic carbocycles. The van der Waals surface area contributed by atoms with Gasteiger partial charge in [-0.1, -0.05) is 6.92 Å². The SMILES string of the molecule is CSC(C)CNC(=O)Nc1ccc([N+](=O)[O-])c(C)c1. The first kappa shape index (κ1) is 15.3. The van der Waals surface area contributed by atoms with Crippen LogP contribution in [0.1, 0.15) is 12.5 Å². The summed E-state index contributed by atoms with van der Waals surface area (Å²) < 4.78 is 0. The maximum atomic E-state index is 11.6. The van der Waals surface area contributed by atoms with Crippen molar-refractivity contribution < 1.29 is 9.72 Å². The van der Waals surface area contributed by atoms with Gasteiger partial charge in [0.15, 0.2) is 0 Å². The molecule has 1 aromatic rings. The summed E-state index contributed by atoms with van der Waals surface area (Å²) in [5, 5.41) is 16.4. The minimum absolute atomic E-state index is 0.0435. The molecule has 2 N–H and O–H groups in total. The number of nitro benzene ring substituents is 1. The number of anilines is 1. The average Bonchev–Trinajstić information content (AvgIpc) is 2.35. The van der Waals surface area contributed by atoms with Gasteiger partial charge in [0, 0.05) is 29.1 Å². The van der Waals surface area contributed by atoms with E-state index in [2.05, 4.69) is 10.6 Å². The lowest BCUT2D eigenvalue weighted by Gasteiger charge is -2.11. The molecule has 2 amide bonds. The fourth-order valence-electron chi connectivity index (χ4n) is 1.43. The second-order valence-electron chi connectivity index (χ2n) is 4.14. The summed E-state index contributed by atoms with van der Waals surface area (Å²) >= 11 is 1.66. The quantitative estimate of drug-likeness (QED) is 0.643. The number of hydrogen-bond donors (Lipinski definition) is 2. The molecule has 0 aliphatic heterocycles. The monoisotopic (exact) mass is 283 g/mol. The Balaban J connectivity index is 2.60. The fraction of sp³-hybridized carbons (Fsp3) is 0.417. The smallest absolute Gasteiger partial charge is 0.319 e. The van der Waals surface area contributed by atoms with E-state index in [0.29, 0.717) is 23.0 Å². The van der Waals surface area contributed by atoms with Gasteiger partial charge in [-0.2, -0.15) is 11.8 Å². The lowest BCUT2D eigenvalue weighted by atomic mass is 10.2. The summed E-state index contributed by atoms with van der Waals surface area (Å²) in [6.07, 6.45) is 1.98. The van der Waals surface area contributed by atoms with E-state index < -0.39 is 4.92 Å². The summed E-state index contributed by atoms with van der Waals surface area (Å²) in [7, 11) is 0. The number of carbonyl (C=O) groups excluding carboxylic acids is 1. The maximum Gasteiger partial charge on any atom is 0.319 e. The van der Waals surface area contributed by atoms with Crippen molar-refractivity contribution in [2.45, 2.75) is 19.1 Å². The number of carbonyl (C=O) groups is 1. The van der Waals surface area contributed by atoms with Crippen molar-refractivity contribution in [2.75, 3.05) is 18.1 Å². The van der Waals surface area contributed by atoms with E-state index in [0.717, 1.165) is 0 Å². The highest BCUT2D eigenvalue weighted by molar-refractivity contribution is 7.99. The van der Waals surface area contributed by atoms with Crippen LogP contribution in [0.5, 0.6) is 0 Å². The largest absolute Gasteiger partial charge is 0.337 e. The van der Waals surface area contributed by atoms with Crippen molar-refractivity contribution in [1.29, 1.82) is 0 Å². The van der Waals surface area contributed by atoms with Gasteiger partial charge in [-0.05, 0) is 25.3 Å². The molecule has 1 aromatic carbocycles. The molecule has 0 heterocycles. The molecule has 0 aromatic heterocycles. The van der Waals surface area contributed by atoms with E-state index in [9.17, 15) is 14.9 Å². The van der Waals surface area contributed by atoms with Crippen LogP contribution in [0, 0.1) is 17.0 Å². The third kappa shape index (κ3) is 4.78. The van der Waals surface area contributed by atoms with E-state index >= 15 is 0 Å². The first-order valence-electron chi connectivity index (χ1n) is 5.76. The van der Waals surface area contributed by atoms with Crippen LogP contribution in [0.3, 0.4) is 0 Å². The molecule has 7 heteroatoms. The molecule has 104 valence electrons. The first-order valence-corrected chi connectivity index (χ1v) is 7.05. The number of thioether (sulfide) groups is 1. The zero-order valence-corrected chi connectivity index (χ0v) is 11.9. The number of nitrogens with one attached hydrogen (secondary N) is 2. The van der Waals surface area contributed by atoms with Crippen molar-refractivity contribution in [2.24, 2.45) is 0 Å². The summed E-state index contributed by atoms with van der Waals surface area (Å²) in [5.41, 5.74) is 1.10. The van der Waals surface area contributed by atoms with Crippen LogP contribution >= 0.6 is 11.8 Å². The highest BCUT2D eigenvalue weighted by Gasteiger charge is 2.11. The predicted octanol–water partition coefficient (Wildman–Crippen LogP) is 2.78. The first-order chi connectivity index (χ1) is 8.93. The van der Waals surface area contributed by atoms with Crippen molar-refractivity contribution in [1.82, 2.24) is 5.32 Å². The van der Waals surface area contributed by atoms with Crippen molar-refractivity contribution in [3.63, 3.8) is 0 Å². The van der Waals surface area contributed by atoms with Gasteiger partial charge in [-0.25, -0.2) is 4.79 Å². The highest BCUT2D eigenvalue weighted by Crippen LogP contribution is 2.21. The van der Waals surface area contributed by atoms with Gasteiger partial charge in [0.2, 0.25) is 0 Å². The van der Waals surface area contributed by atoms with E-state index in [1.165, 1.54) is 12.1 Å². The minimum Gasteiger partial charge on any atom is -0.337 e. The van der Waals surface area contributed by atoms with E-state index in [-0.39, 0.29) is 11.7 Å². The van der Waals surface area contributed by atoms with Gasteiger partial charge in [0.1, 0.15) is 0 Å². The van der Waals surface area contributed by atoms with Crippen LogP contribution in [-0.2, 0) is 0 Å². The minimum atomic E-state index is -0.445. The molecule has 1 atom stereocenters. The van der Waals surface area contributed by atoms with Gasteiger partial charge in [0.05, 0.1) is 4.92 Å². The van der Waals surface area contributed by atoms with Gasteiger partial charge in [0.25, 0.3) is 5.69 Å². The Bertz CT molecular complexity index is 479. The lowest BCUT2D eigenvalue weighted by Crippen LogP contribution is -2.33. The second kappa shape index (κ2) is 6.98. The number of nitrogens with zero attached hydrogens (tertiary/aromatic N) is 1. The Labute approximate surface area is 116 Å². The zero-order valence-electron chi connectivity index (χ0n) is 11.1. The molecule has 1 unspecified atom stereocenters. The maximum absolute atomic E-state index is 11.6. The van der Waals surface area contributed by atoms with Crippen LogP contribution in [-0.4, -0.2) is 29.0 Å². The third-order valence-corrected chi connectivity index (χ3v) is 3.58. The van der Waals surface area contributed by atoms with Crippen molar-refractivity contribution >= 4 is 29.2 Å². The van der Waals surface area contributed by atoms with E-state index in [4.69, 9.17) is 0 Å². The molecule has 6 nitrogen and oxygen atoms in total. The zero-order chi connectivity index (χ0) is 14.4. The van der Waals surface area contributed by atoms with Crippen LogP contribution < -0.4 is 10.6 Å². The standard InChI is InChI=1S/C12H17N3O3S/c1-8-6-10(4-5-11(8)15(17)18)14-12(16)13-7-9(2)19-3/h4-6,9H,7H2,1-3H3,(H2,13,14,16). The highest BCUT2D eigenvalue weighted by atomic mass is 32.2. The summed E-state index contributed by atoms with van der Waals surface area (Å²) in [6.45, 7) is 4.22. The van der Waals surface area contributed by atoms with Crippen LogP contribution in [0.25, 0.3) is 0 Å². The topological polar surface area (TPSA) is 84.3 Å². The van der Waals surface area contributed by atoms with Gasteiger partial charge in [-0.3, -0.25) is 10.1 Å². The molecule has 0 saturated carbocycles. The molecule has 0 bridgehead atoms. The average molecular weight is 283 g/mol. The summed E-state index contributed by atoms with van der Waals surface area (Å²) in [4.78, 5) is 21.8. The number of nitro groups is 1. The number of rotatable bonds is 5. The number of benzene rings is 1. The molecule has 19 heavy (non-hydrogen) atoms. The summed E-state index contributed by atoms with van der Waals surface area (Å²) in [5.74, 6) is 0. The van der Waals surface area contributed by atoms with Crippen LogP contribution in [0.2, 0.25) is 0 Å². The third-order valence-electron chi connectivity index (χ3n) is 2.60. The van der Waals surface area contributed by atoms with Crippen molar-refractivity contribution in [3.8, 4) is 0 Å². The molecule has 0 aliphatic rings. The molecule has 0 radical (unpaired) electrons. The molecular formula is C12H17N3O3S. The summed E-state index contributed by atoms with van der Waals surface area (Å²) in [6, 6.07) is 4.17. The lowest BCUT2D eigenvalue weighted by molar-refractivity contribution is -0.385. The fourth-order valence-corrected chi connectivity index (χ4v) is 1.68. The Morgan fingerprint density at radius 2 is 2.21 bits per heavy atom. The van der Waals surface area contributed by atoms with Gasteiger partial charge >= 0.3 is 6.03 Å². The predicted molar refractivity (Wildman–Crippen MR) is 77.8 cm³/mol. The van der Waals surface area contributed by atoms with Gasteiger partial charge < -0.3 is 10.6 Å². The Hall–Kier alpha value is -1.76. The van der Waals surface area contributed by atoms with E-state index in [1.54, 1.807) is 24.8 Å². The molecule has 1 rings (SSSR count). The Kier molecular flexibility index (Phi) is 5.62. The Morgan fingerprint density at radius 3 is 2.74 bits per heavy atom. The molecule has 0 spiro atoms. The number of aryl methyl sites for hydroxylation is 1. The van der Waals surface area contributed by atoms with Gasteiger partial charge in [-0.15, -0.1) is 0 Å². The van der Waals surface area contributed by atoms with Crippen LogP contribution in [0.15, 0.2) is 18.2 Å². The number of urea groups is 1. The van der Waals surface area contributed by atoms with Crippen molar-refractivity contribution in [3.05, 3.63) is 33.9 Å².